The van der Waals surface area contributed by atoms with Crippen LogP contribution < -0.4 is 15.4 Å². The van der Waals surface area contributed by atoms with Crippen LogP contribution in [0.25, 0.3) is 0 Å². The molecule has 3 nitrogen and oxygen atoms in total. The van der Waals surface area contributed by atoms with Gasteiger partial charge in [-0.2, -0.15) is 0 Å². The third-order valence-corrected chi connectivity index (χ3v) is 3.48. The molecule has 2 aromatic rings. The molecule has 0 aliphatic rings. The number of rotatable bonds is 4. The van der Waals surface area contributed by atoms with Crippen LogP contribution in [0, 0.1) is 13.8 Å². The van der Waals surface area contributed by atoms with E-state index in [9.17, 15) is 0 Å². The van der Waals surface area contributed by atoms with Crippen molar-refractivity contribution < 1.29 is 4.74 Å². The Morgan fingerprint density at radius 2 is 1.85 bits per heavy atom. The Labute approximate surface area is 121 Å². The normalized spacial score (nSPS) is 10.4. The van der Waals surface area contributed by atoms with Crippen LogP contribution in [0.1, 0.15) is 16.7 Å². The highest BCUT2D eigenvalue weighted by atomic mass is 16.5. The third-order valence-electron chi connectivity index (χ3n) is 3.48. The minimum atomic E-state index is 0.680. The monoisotopic (exact) mass is 270 g/mol. The van der Waals surface area contributed by atoms with Crippen LogP contribution in [0.5, 0.6) is 5.75 Å². The molecule has 0 aliphatic heterocycles. The summed E-state index contributed by atoms with van der Waals surface area (Å²) in [5, 5.41) is 0. The maximum atomic E-state index is 5.95. The Morgan fingerprint density at radius 1 is 1.10 bits per heavy atom. The molecular weight excluding hydrogens is 248 g/mol. The van der Waals surface area contributed by atoms with E-state index in [4.69, 9.17) is 10.5 Å². The Bertz CT molecular complexity index is 608. The molecular formula is C17H22N2O. The average molecular weight is 270 g/mol. The largest absolute Gasteiger partial charge is 0.495 e. The molecule has 106 valence electrons. The number of ether oxygens (including phenoxy) is 1. The van der Waals surface area contributed by atoms with E-state index in [-0.39, 0.29) is 0 Å². The van der Waals surface area contributed by atoms with Gasteiger partial charge >= 0.3 is 0 Å². The molecule has 0 atom stereocenters. The third kappa shape index (κ3) is 3.05. The number of hydrogen-bond acceptors (Lipinski definition) is 3. The van der Waals surface area contributed by atoms with Crippen molar-refractivity contribution in [3.8, 4) is 5.75 Å². The summed E-state index contributed by atoms with van der Waals surface area (Å²) in [5.41, 5.74) is 11.6. The van der Waals surface area contributed by atoms with Gasteiger partial charge < -0.3 is 15.4 Å². The van der Waals surface area contributed by atoms with Crippen LogP contribution in [-0.2, 0) is 6.54 Å². The standard InChI is InChI=1S/C17H22N2O/c1-12-5-7-16(13(2)9-12)19(3)11-14-6-8-17(20-4)15(18)10-14/h5-10H,11,18H2,1-4H3. The Hall–Kier alpha value is -2.16. The first kappa shape index (κ1) is 14.3. The topological polar surface area (TPSA) is 38.5 Å². The first-order chi connectivity index (χ1) is 9.51. The highest BCUT2D eigenvalue weighted by Crippen LogP contribution is 2.25. The molecule has 3 heteroatoms. The summed E-state index contributed by atoms with van der Waals surface area (Å²) < 4.78 is 5.18. The van der Waals surface area contributed by atoms with Crippen molar-refractivity contribution in [2.24, 2.45) is 0 Å². The highest BCUT2D eigenvalue weighted by molar-refractivity contribution is 5.57. The van der Waals surface area contributed by atoms with Crippen LogP contribution >= 0.6 is 0 Å². The highest BCUT2D eigenvalue weighted by Gasteiger charge is 2.07. The van der Waals surface area contributed by atoms with Gasteiger partial charge in [0.05, 0.1) is 12.8 Å². The molecule has 0 saturated heterocycles. The zero-order chi connectivity index (χ0) is 14.7. The van der Waals surface area contributed by atoms with Crippen molar-refractivity contribution >= 4 is 11.4 Å². The lowest BCUT2D eigenvalue weighted by Crippen LogP contribution is -2.17. The SMILES string of the molecule is COc1ccc(CN(C)c2ccc(C)cc2C)cc1N. The summed E-state index contributed by atoms with van der Waals surface area (Å²) in [6.07, 6.45) is 0. The molecule has 0 aromatic heterocycles. The molecule has 0 radical (unpaired) electrons. The van der Waals surface area contributed by atoms with E-state index in [2.05, 4.69) is 50.1 Å². The van der Waals surface area contributed by atoms with Gasteiger partial charge in [-0.15, -0.1) is 0 Å². The molecule has 2 aromatic carbocycles. The predicted octanol–water partition coefficient (Wildman–Crippen LogP) is 3.53. The maximum absolute atomic E-state index is 5.95. The lowest BCUT2D eigenvalue weighted by Gasteiger charge is -2.22. The molecule has 2 rings (SSSR count). The zero-order valence-electron chi connectivity index (χ0n) is 12.6. The quantitative estimate of drug-likeness (QED) is 0.864. The summed E-state index contributed by atoms with van der Waals surface area (Å²) in [6, 6.07) is 12.4. The van der Waals surface area contributed by atoms with Crippen LogP contribution in [0.2, 0.25) is 0 Å². The molecule has 0 bridgehead atoms. The number of anilines is 2. The van der Waals surface area contributed by atoms with Crippen molar-refractivity contribution in [2.75, 3.05) is 24.8 Å². The smallest absolute Gasteiger partial charge is 0.141 e. The number of benzene rings is 2. The summed E-state index contributed by atoms with van der Waals surface area (Å²) in [7, 11) is 3.73. The zero-order valence-corrected chi connectivity index (χ0v) is 12.6. The molecule has 0 fully saturated rings. The van der Waals surface area contributed by atoms with Crippen molar-refractivity contribution in [1.29, 1.82) is 0 Å². The van der Waals surface area contributed by atoms with Crippen molar-refractivity contribution in [3.05, 3.63) is 53.1 Å². The fourth-order valence-electron chi connectivity index (χ4n) is 2.47. The van der Waals surface area contributed by atoms with Gasteiger partial charge in [0.1, 0.15) is 5.75 Å². The summed E-state index contributed by atoms with van der Waals surface area (Å²) in [4.78, 5) is 2.23. The van der Waals surface area contributed by atoms with Gasteiger partial charge in [-0.1, -0.05) is 23.8 Å². The second-order valence-electron chi connectivity index (χ2n) is 5.22. The van der Waals surface area contributed by atoms with E-state index >= 15 is 0 Å². The summed E-state index contributed by atoms with van der Waals surface area (Å²) in [5.74, 6) is 0.725. The number of hydrogen-bond donors (Lipinski definition) is 1. The number of nitrogens with zero attached hydrogens (tertiary/aromatic N) is 1. The van der Waals surface area contributed by atoms with Gasteiger partial charge in [0.25, 0.3) is 0 Å². The van der Waals surface area contributed by atoms with E-state index in [0.29, 0.717) is 5.69 Å². The molecule has 0 amide bonds. The van der Waals surface area contributed by atoms with Gasteiger partial charge in [-0.3, -0.25) is 0 Å². The van der Waals surface area contributed by atoms with E-state index in [1.54, 1.807) is 7.11 Å². The predicted molar refractivity (Wildman–Crippen MR) is 85.4 cm³/mol. The van der Waals surface area contributed by atoms with Crippen LogP contribution in [0.3, 0.4) is 0 Å². The Morgan fingerprint density at radius 3 is 2.45 bits per heavy atom. The Balaban J connectivity index is 2.18. The van der Waals surface area contributed by atoms with Crippen molar-refractivity contribution in [1.82, 2.24) is 0 Å². The van der Waals surface area contributed by atoms with Crippen LogP contribution in [-0.4, -0.2) is 14.2 Å². The molecule has 0 saturated carbocycles. The summed E-state index contributed by atoms with van der Waals surface area (Å²) >= 11 is 0. The van der Waals surface area contributed by atoms with Gasteiger partial charge in [-0.25, -0.2) is 0 Å². The van der Waals surface area contributed by atoms with Crippen LogP contribution in [0.15, 0.2) is 36.4 Å². The van der Waals surface area contributed by atoms with Crippen molar-refractivity contribution in [3.63, 3.8) is 0 Å². The fourth-order valence-corrected chi connectivity index (χ4v) is 2.47. The second kappa shape index (κ2) is 5.87. The second-order valence-corrected chi connectivity index (χ2v) is 5.22. The van der Waals surface area contributed by atoms with Gasteiger partial charge in [0.15, 0.2) is 0 Å². The Kier molecular flexibility index (Phi) is 4.18. The minimum absolute atomic E-state index is 0.680. The molecule has 0 heterocycles. The average Bonchev–Trinajstić information content (AvgIpc) is 2.38. The van der Waals surface area contributed by atoms with E-state index in [1.165, 1.54) is 22.4 Å². The molecule has 20 heavy (non-hydrogen) atoms. The van der Waals surface area contributed by atoms with E-state index < -0.39 is 0 Å². The molecule has 0 spiro atoms. The first-order valence-electron chi connectivity index (χ1n) is 6.72. The van der Waals surface area contributed by atoms with Gasteiger partial charge in [0, 0.05) is 19.3 Å². The number of aryl methyl sites for hydroxylation is 2. The van der Waals surface area contributed by atoms with Crippen LogP contribution in [0.4, 0.5) is 11.4 Å². The number of nitrogens with two attached hydrogens (primary N) is 1. The van der Waals surface area contributed by atoms with Gasteiger partial charge in [0.2, 0.25) is 0 Å². The minimum Gasteiger partial charge on any atom is -0.495 e. The summed E-state index contributed by atoms with van der Waals surface area (Å²) in [6.45, 7) is 5.07. The van der Waals surface area contributed by atoms with Crippen molar-refractivity contribution in [2.45, 2.75) is 20.4 Å². The van der Waals surface area contributed by atoms with Gasteiger partial charge in [-0.05, 0) is 43.2 Å². The lowest BCUT2D eigenvalue weighted by molar-refractivity contribution is 0.417. The first-order valence-corrected chi connectivity index (χ1v) is 6.72. The lowest BCUT2D eigenvalue weighted by atomic mass is 10.1. The molecule has 0 unspecified atom stereocenters. The fraction of sp³-hybridized carbons (Fsp3) is 0.294. The molecule has 0 aliphatic carbocycles. The molecule has 2 N–H and O–H groups in total. The number of nitrogen functional groups attached to an aromatic ring is 1. The van der Waals surface area contributed by atoms with E-state index in [1.807, 2.05) is 12.1 Å². The number of methoxy groups -OCH3 is 1. The maximum Gasteiger partial charge on any atom is 0.141 e. The van der Waals surface area contributed by atoms with E-state index in [0.717, 1.165) is 12.3 Å².